The molecule has 0 aliphatic carbocycles. The smallest absolute Gasteiger partial charge is 0.410 e. The van der Waals surface area contributed by atoms with Gasteiger partial charge < -0.3 is 38.7 Å². The number of hydrogen-bond acceptors (Lipinski definition) is 9. The number of carbonyl (C=O) groups is 2. The summed E-state index contributed by atoms with van der Waals surface area (Å²) in [5, 5.41) is 0. The van der Waals surface area contributed by atoms with Crippen molar-refractivity contribution in [2.75, 3.05) is 57.8 Å². The van der Waals surface area contributed by atoms with Gasteiger partial charge in [-0.25, -0.2) is 16.2 Å². The van der Waals surface area contributed by atoms with Gasteiger partial charge in [-0.1, -0.05) is 30.3 Å². The van der Waals surface area contributed by atoms with Gasteiger partial charge >= 0.3 is 18.2 Å². The second-order valence-corrected chi connectivity index (χ2v) is 12.7. The summed E-state index contributed by atoms with van der Waals surface area (Å²) in [6.45, 7) is 17.1. The van der Waals surface area contributed by atoms with E-state index < -0.39 is 11.7 Å². The number of likely N-dealkylation sites (N-methyl/N-ethyl adjacent to an activating group) is 1. The summed E-state index contributed by atoms with van der Waals surface area (Å²) in [6.07, 6.45) is 1.94. The zero-order valence-corrected chi connectivity index (χ0v) is 26.2. The fourth-order valence-electron chi connectivity index (χ4n) is 5.91. The van der Waals surface area contributed by atoms with Gasteiger partial charge in [0.05, 0.1) is 18.8 Å². The number of aromatic nitrogens is 2. The number of fused-ring (bicyclic) bond motifs is 1. The van der Waals surface area contributed by atoms with Gasteiger partial charge in [-0.2, -0.15) is 9.97 Å². The minimum absolute atomic E-state index is 0.189. The van der Waals surface area contributed by atoms with Crippen LogP contribution >= 0.6 is 0 Å². The molecule has 3 aliphatic rings. The number of piperazine rings is 1. The van der Waals surface area contributed by atoms with Crippen LogP contribution in [0.5, 0.6) is 6.01 Å². The number of ether oxygens (including phenoxy) is 3. The fourth-order valence-corrected chi connectivity index (χ4v) is 5.91. The number of amides is 2. The number of rotatable bonds is 7. The van der Waals surface area contributed by atoms with Crippen LogP contribution in [0.1, 0.15) is 50.4 Å². The molecular formula is C32H43N7O5. The zero-order chi connectivity index (χ0) is 31.3. The van der Waals surface area contributed by atoms with Crippen LogP contribution in [-0.4, -0.2) is 107 Å². The summed E-state index contributed by atoms with van der Waals surface area (Å²) in [6, 6.07) is 9.83. The van der Waals surface area contributed by atoms with Crippen LogP contribution in [0.25, 0.3) is 4.85 Å². The Bertz CT molecular complexity index is 1360. The van der Waals surface area contributed by atoms with E-state index in [-0.39, 0.29) is 43.9 Å². The molecule has 1 aromatic heterocycles. The van der Waals surface area contributed by atoms with E-state index in [1.165, 1.54) is 0 Å². The molecule has 5 rings (SSSR count). The number of benzene rings is 1. The minimum Gasteiger partial charge on any atom is -0.462 e. The lowest BCUT2D eigenvalue weighted by Crippen LogP contribution is -2.56. The summed E-state index contributed by atoms with van der Waals surface area (Å²) in [5.41, 5.74) is 1.96. The molecule has 0 N–H and O–H groups in total. The summed E-state index contributed by atoms with van der Waals surface area (Å²) < 4.78 is 17.4. The Morgan fingerprint density at radius 3 is 2.52 bits per heavy atom. The van der Waals surface area contributed by atoms with E-state index in [1.807, 2.05) is 51.1 Å². The van der Waals surface area contributed by atoms with E-state index in [0.29, 0.717) is 50.7 Å². The Labute approximate surface area is 259 Å². The number of nitrogens with zero attached hydrogens (tertiary/aromatic N) is 7. The molecule has 2 fully saturated rings. The van der Waals surface area contributed by atoms with Crippen LogP contribution in [-0.2, 0) is 29.0 Å². The molecule has 1 aromatic carbocycles. The Balaban J connectivity index is 1.36. The predicted octanol–water partition coefficient (Wildman–Crippen LogP) is 3.99. The first-order valence-corrected chi connectivity index (χ1v) is 15.4. The van der Waals surface area contributed by atoms with Crippen LogP contribution in [0, 0.1) is 6.57 Å². The van der Waals surface area contributed by atoms with Crippen molar-refractivity contribution < 1.29 is 23.8 Å². The molecule has 2 amide bonds. The Hall–Kier alpha value is -4.11. The van der Waals surface area contributed by atoms with Gasteiger partial charge in [0.25, 0.3) is 0 Å². The van der Waals surface area contributed by atoms with Crippen LogP contribution in [0.4, 0.5) is 15.4 Å². The van der Waals surface area contributed by atoms with Gasteiger partial charge in [0.1, 0.15) is 30.7 Å². The first-order chi connectivity index (χ1) is 21.1. The van der Waals surface area contributed by atoms with Crippen LogP contribution in [0.15, 0.2) is 30.3 Å². The molecule has 2 saturated heterocycles. The molecular weight excluding hydrogens is 562 g/mol. The first kappa shape index (κ1) is 31.3. The average Bonchev–Trinajstić information content (AvgIpc) is 3.42. The number of likely N-dealkylation sites (tertiary alicyclic amines) is 1. The van der Waals surface area contributed by atoms with Gasteiger partial charge in [-0.3, -0.25) is 0 Å². The molecule has 4 heterocycles. The molecule has 0 radical (unpaired) electrons. The third-order valence-electron chi connectivity index (χ3n) is 8.27. The molecule has 12 nitrogen and oxygen atoms in total. The maximum absolute atomic E-state index is 13.0. The van der Waals surface area contributed by atoms with Gasteiger partial charge in [-0.05, 0) is 59.2 Å². The maximum Gasteiger partial charge on any atom is 0.410 e. The normalized spacial score (nSPS) is 20.6. The van der Waals surface area contributed by atoms with Crippen molar-refractivity contribution in [2.45, 2.75) is 70.9 Å². The highest BCUT2D eigenvalue weighted by molar-refractivity contribution is 5.70. The van der Waals surface area contributed by atoms with E-state index in [1.54, 1.807) is 9.80 Å². The van der Waals surface area contributed by atoms with E-state index in [2.05, 4.69) is 21.7 Å². The van der Waals surface area contributed by atoms with Crippen molar-refractivity contribution in [2.24, 2.45) is 0 Å². The topological polar surface area (TPSA) is 105 Å². The molecule has 2 aromatic rings. The van der Waals surface area contributed by atoms with Gasteiger partial charge in [0.15, 0.2) is 0 Å². The average molecular weight is 606 g/mol. The third kappa shape index (κ3) is 7.69. The molecule has 1 unspecified atom stereocenters. The third-order valence-corrected chi connectivity index (χ3v) is 8.27. The lowest BCUT2D eigenvalue weighted by molar-refractivity contribution is 0.0220. The number of carbonyl (C=O) groups excluding carboxylic acids is 2. The summed E-state index contributed by atoms with van der Waals surface area (Å²) >= 11 is 0. The SMILES string of the molecule is [C-]#[N+]CC1CN(C(=O)OCc2ccccc2)CCN1c1nc(OC[C@@H]2CCCN2C)nc2c1CCN(C(=O)OC(C)(C)C)C2. The molecule has 2 atom stereocenters. The Morgan fingerprint density at radius 2 is 1.82 bits per heavy atom. The summed E-state index contributed by atoms with van der Waals surface area (Å²) in [5.74, 6) is 0.708. The highest BCUT2D eigenvalue weighted by atomic mass is 16.6. The Morgan fingerprint density at radius 1 is 1.02 bits per heavy atom. The second kappa shape index (κ2) is 13.7. The monoisotopic (exact) mass is 605 g/mol. The second-order valence-electron chi connectivity index (χ2n) is 12.7. The molecule has 12 heteroatoms. The Kier molecular flexibility index (Phi) is 9.74. The first-order valence-electron chi connectivity index (χ1n) is 15.4. The van der Waals surface area contributed by atoms with Crippen molar-refractivity contribution >= 4 is 18.0 Å². The molecule has 0 spiro atoms. The minimum atomic E-state index is -0.606. The zero-order valence-electron chi connectivity index (χ0n) is 26.2. The van der Waals surface area contributed by atoms with E-state index in [0.717, 1.165) is 30.5 Å². The van der Waals surface area contributed by atoms with Gasteiger partial charge in [0, 0.05) is 31.2 Å². The summed E-state index contributed by atoms with van der Waals surface area (Å²) in [4.78, 5) is 47.0. The molecule has 3 aliphatic heterocycles. The maximum atomic E-state index is 13.0. The van der Waals surface area contributed by atoms with E-state index in [9.17, 15) is 9.59 Å². The van der Waals surface area contributed by atoms with Gasteiger partial charge in [-0.15, -0.1) is 0 Å². The molecule has 236 valence electrons. The lowest BCUT2D eigenvalue weighted by atomic mass is 10.0. The van der Waals surface area contributed by atoms with Crippen molar-refractivity contribution in [3.8, 4) is 6.01 Å². The van der Waals surface area contributed by atoms with Crippen LogP contribution < -0.4 is 9.64 Å². The number of hydrogen-bond donors (Lipinski definition) is 0. The quantitative estimate of drug-likeness (QED) is 0.434. The van der Waals surface area contributed by atoms with Crippen molar-refractivity contribution in [1.82, 2.24) is 24.7 Å². The van der Waals surface area contributed by atoms with E-state index >= 15 is 0 Å². The standard InChI is InChI=1S/C32H43N7O5/c1-32(2,3)44-31(41)37-15-13-26-27(20-37)34-29(42-22-24-12-9-14-36(24)5)35-28(26)39-17-16-38(19-25(39)18-33-4)30(40)43-21-23-10-7-6-8-11-23/h6-8,10-11,24-25H,9,12-22H2,1-3,5H3/t24-,25?/m0/s1. The van der Waals surface area contributed by atoms with Crippen molar-refractivity contribution in [1.29, 1.82) is 0 Å². The fraction of sp³-hybridized carbons (Fsp3) is 0.594. The highest BCUT2D eigenvalue weighted by Crippen LogP contribution is 2.32. The summed E-state index contributed by atoms with van der Waals surface area (Å²) in [7, 11) is 2.10. The van der Waals surface area contributed by atoms with E-state index in [4.69, 9.17) is 30.8 Å². The van der Waals surface area contributed by atoms with Crippen LogP contribution in [0.3, 0.4) is 0 Å². The van der Waals surface area contributed by atoms with Crippen LogP contribution in [0.2, 0.25) is 0 Å². The lowest BCUT2D eigenvalue weighted by Gasteiger charge is -2.41. The highest BCUT2D eigenvalue weighted by Gasteiger charge is 2.37. The van der Waals surface area contributed by atoms with Crippen molar-refractivity contribution in [3.05, 3.63) is 58.6 Å². The molecule has 0 bridgehead atoms. The van der Waals surface area contributed by atoms with Gasteiger partial charge in [0.2, 0.25) is 6.54 Å². The number of anilines is 1. The largest absolute Gasteiger partial charge is 0.462 e. The van der Waals surface area contributed by atoms with Crippen molar-refractivity contribution in [3.63, 3.8) is 0 Å². The molecule has 0 saturated carbocycles. The predicted molar refractivity (Wildman–Crippen MR) is 164 cm³/mol. The molecule has 44 heavy (non-hydrogen) atoms.